The number of H-pyrrole nitrogens is 2. The number of rotatable bonds is 12. The van der Waals surface area contributed by atoms with Crippen molar-refractivity contribution >= 4 is 36.8 Å². The summed E-state index contributed by atoms with van der Waals surface area (Å²) in [6, 6.07) is 19.9. The molecule has 0 amide bonds. The van der Waals surface area contributed by atoms with E-state index < -0.39 is 70.0 Å². The van der Waals surface area contributed by atoms with E-state index in [0.717, 1.165) is 72.1 Å². The third kappa shape index (κ3) is 6.96. The summed E-state index contributed by atoms with van der Waals surface area (Å²) in [5.41, 5.74) is -0.362. The Morgan fingerprint density at radius 3 is 1.28 bits per heavy atom. The van der Waals surface area contributed by atoms with Crippen molar-refractivity contribution < 1.29 is 41.7 Å². The van der Waals surface area contributed by atoms with E-state index in [1.165, 1.54) is 24.3 Å². The highest BCUT2D eigenvalue weighted by atomic mass is 32.2. The quantitative estimate of drug-likeness (QED) is 0.0785. The molecule has 0 saturated carbocycles. The number of phenols is 2. The van der Waals surface area contributed by atoms with E-state index in [1.54, 1.807) is 38.1 Å². The van der Waals surface area contributed by atoms with Crippen molar-refractivity contribution in [3.05, 3.63) is 163 Å². The lowest BCUT2D eigenvalue weighted by molar-refractivity contribution is -0.385. The Bertz CT molecular complexity index is 2480. The first kappa shape index (κ1) is 37.2. The van der Waals surface area contributed by atoms with E-state index in [9.17, 15) is 47.3 Å². The van der Waals surface area contributed by atoms with Crippen molar-refractivity contribution in [2.45, 2.75) is 45.5 Å². The number of aromatic nitrogens is 2. The van der Waals surface area contributed by atoms with E-state index in [0.29, 0.717) is 0 Å². The van der Waals surface area contributed by atoms with Crippen LogP contribution in [0.5, 0.6) is 11.5 Å². The lowest BCUT2D eigenvalue weighted by Gasteiger charge is -2.23. The lowest BCUT2D eigenvalue weighted by Crippen LogP contribution is -2.23. The normalized spacial score (nSPS) is 12.9. The first-order valence-corrected chi connectivity index (χ1v) is 18.9. The van der Waals surface area contributed by atoms with Gasteiger partial charge in [0, 0.05) is 47.8 Å². The Morgan fingerprint density at radius 2 is 0.944 bits per heavy atom. The van der Waals surface area contributed by atoms with Crippen molar-refractivity contribution in [1.29, 1.82) is 0 Å². The van der Waals surface area contributed by atoms with Gasteiger partial charge in [-0.15, -0.1) is 0 Å². The Hall–Kier alpha value is -6.59. The van der Waals surface area contributed by atoms with Crippen LogP contribution in [0, 0.1) is 34.1 Å². The number of aromatic hydroxyl groups is 2. The van der Waals surface area contributed by atoms with Crippen LogP contribution < -0.4 is 0 Å². The second kappa shape index (κ2) is 14.1. The fourth-order valence-electron chi connectivity index (χ4n) is 6.04. The summed E-state index contributed by atoms with van der Waals surface area (Å²) in [5.74, 6) is -5.64. The minimum absolute atomic E-state index is 0.0865. The first-order valence-electron chi connectivity index (χ1n) is 16.0. The van der Waals surface area contributed by atoms with E-state index in [4.69, 9.17) is 0 Å². The smallest absolute Gasteiger partial charge is 0.270 e. The van der Waals surface area contributed by atoms with Gasteiger partial charge < -0.3 is 20.2 Å². The largest absolute Gasteiger partial charge is 0.508 e. The molecule has 15 nitrogen and oxygen atoms in total. The second-order valence-corrected chi connectivity index (χ2v) is 16.3. The molecule has 0 aliphatic carbocycles. The Labute approximate surface area is 307 Å². The molecule has 4 N–H and O–H groups in total. The van der Waals surface area contributed by atoms with Gasteiger partial charge >= 0.3 is 0 Å². The summed E-state index contributed by atoms with van der Waals surface area (Å²) in [6.45, 7) is 3.54. The van der Waals surface area contributed by atoms with Crippen LogP contribution in [-0.2, 0) is 24.5 Å². The molecule has 2 heterocycles. The molecule has 54 heavy (non-hydrogen) atoms. The molecule has 0 radical (unpaired) electrons. The third-order valence-electron chi connectivity index (χ3n) is 8.90. The molecule has 6 aromatic rings. The van der Waals surface area contributed by atoms with Crippen LogP contribution >= 0.6 is 0 Å². The molecule has 2 unspecified atom stereocenters. The molecule has 0 aliphatic rings. The van der Waals surface area contributed by atoms with E-state index >= 15 is 4.79 Å². The molecule has 6 rings (SSSR count). The predicted octanol–water partition coefficient (Wildman–Crippen LogP) is 6.39. The van der Waals surface area contributed by atoms with Crippen LogP contribution in [0.1, 0.15) is 45.2 Å². The Morgan fingerprint density at radius 1 is 0.593 bits per heavy atom. The number of nitro benzene ring substituents is 2. The zero-order chi connectivity index (χ0) is 39.1. The van der Waals surface area contributed by atoms with Crippen molar-refractivity contribution in [3.63, 3.8) is 0 Å². The number of benzene rings is 4. The summed E-state index contributed by atoms with van der Waals surface area (Å²) < 4.78 is 54.6. The highest BCUT2D eigenvalue weighted by Gasteiger charge is 2.38. The van der Waals surface area contributed by atoms with Crippen LogP contribution in [0.3, 0.4) is 0 Å². The first-order chi connectivity index (χ1) is 25.5. The minimum Gasteiger partial charge on any atom is -0.508 e. The third-order valence-corrected chi connectivity index (χ3v) is 12.3. The van der Waals surface area contributed by atoms with Gasteiger partial charge in [-0.1, -0.05) is 35.4 Å². The predicted molar refractivity (Wildman–Crippen MR) is 193 cm³/mol. The van der Waals surface area contributed by atoms with Gasteiger partial charge in [0.15, 0.2) is 5.78 Å². The SMILES string of the molecule is Cc1ccc(S(=O)(=O)c2cc(C(C(=O)C(c3c[nH]c(S(=O)(=O)c4ccc(C)cc4)c3)c3cc([N+](=O)[O-])ccc3O)c3cc([N+](=O)[O-])ccc3O)c[nH]2)cc1. The molecule has 0 spiro atoms. The number of aryl methyl sites for hydroxylation is 2. The zero-order valence-corrected chi connectivity index (χ0v) is 30.0. The van der Waals surface area contributed by atoms with Crippen LogP contribution in [0.4, 0.5) is 11.4 Å². The van der Waals surface area contributed by atoms with Gasteiger partial charge in [0.05, 0.1) is 31.5 Å². The summed E-state index contributed by atoms with van der Waals surface area (Å²) in [6.07, 6.45) is 2.33. The van der Waals surface area contributed by atoms with Crippen LogP contribution in [0.15, 0.2) is 129 Å². The molecule has 2 aromatic heterocycles. The maximum absolute atomic E-state index is 15.2. The molecule has 4 aromatic carbocycles. The molecule has 2 atom stereocenters. The number of carbonyl (C=O) groups excluding carboxylic acids is 1. The highest BCUT2D eigenvalue weighted by molar-refractivity contribution is 7.91. The van der Waals surface area contributed by atoms with Crippen molar-refractivity contribution in [2.24, 2.45) is 0 Å². The number of hydrogen-bond donors (Lipinski definition) is 4. The average Bonchev–Trinajstić information content (AvgIpc) is 3.82. The Kier molecular flexibility index (Phi) is 9.70. The van der Waals surface area contributed by atoms with Gasteiger partial charge in [-0.25, -0.2) is 16.8 Å². The van der Waals surface area contributed by atoms with Gasteiger partial charge in [-0.05, 0) is 73.5 Å². The Balaban J connectivity index is 1.58. The molecule has 0 saturated heterocycles. The molecule has 276 valence electrons. The summed E-state index contributed by atoms with van der Waals surface area (Å²) in [4.78, 5) is 42.4. The van der Waals surface area contributed by atoms with Crippen LogP contribution in [0.2, 0.25) is 0 Å². The number of sulfone groups is 2. The second-order valence-electron chi connectivity index (χ2n) is 12.5. The van der Waals surface area contributed by atoms with Crippen molar-refractivity contribution in [3.8, 4) is 11.5 Å². The molecule has 17 heteroatoms. The number of hydrogen-bond acceptors (Lipinski definition) is 11. The maximum atomic E-state index is 15.2. The number of phenolic OH excluding ortho intramolecular Hbond substituents is 2. The van der Waals surface area contributed by atoms with Gasteiger partial charge in [0.1, 0.15) is 21.6 Å². The number of Topliss-reactive ketones (excluding diaryl/α,β-unsaturated/α-hetero) is 1. The monoisotopic (exact) mass is 770 g/mol. The van der Waals surface area contributed by atoms with Crippen LogP contribution in [-0.4, -0.2) is 52.6 Å². The number of non-ortho nitro benzene ring substituents is 2. The molecule has 0 fully saturated rings. The fraction of sp³-hybridized carbons (Fsp3) is 0.108. The molecular formula is C37H30N4O11S2. The van der Waals surface area contributed by atoms with Gasteiger partial charge in [0.2, 0.25) is 19.7 Å². The number of aromatic amines is 2. The fourth-order valence-corrected chi connectivity index (χ4v) is 8.55. The summed E-state index contributed by atoms with van der Waals surface area (Å²) >= 11 is 0. The van der Waals surface area contributed by atoms with Crippen LogP contribution in [0.25, 0.3) is 0 Å². The number of ketones is 1. The average molecular weight is 771 g/mol. The standard InChI is InChI=1S/C37H30N4O11S2/c1-21-3-9-27(10-4-21)53(49,50)33-15-23(19-38-33)35(29-17-25(40(45)46)7-13-31(29)42)37(44)36(30-18-26(41(47)48)8-14-32(30)43)24-16-34(39-20-24)54(51,52)28-11-5-22(2)6-12-28/h3-20,35-36,38-39,42-43H,1-2H3. The van der Waals surface area contributed by atoms with Gasteiger partial charge in [-0.2, -0.15) is 0 Å². The highest BCUT2D eigenvalue weighted by Crippen LogP contribution is 2.44. The van der Waals surface area contributed by atoms with Crippen molar-refractivity contribution in [1.82, 2.24) is 9.97 Å². The number of nitro groups is 2. The molecule has 0 bridgehead atoms. The summed E-state index contributed by atoms with van der Waals surface area (Å²) in [7, 11) is -8.44. The van der Waals surface area contributed by atoms with E-state index in [-0.39, 0.29) is 42.1 Å². The topological polar surface area (TPSA) is 244 Å². The minimum atomic E-state index is -4.22. The maximum Gasteiger partial charge on any atom is 0.270 e. The number of nitrogens with zero attached hydrogens (tertiary/aromatic N) is 2. The van der Waals surface area contributed by atoms with Crippen molar-refractivity contribution in [2.75, 3.05) is 0 Å². The van der Waals surface area contributed by atoms with Gasteiger partial charge in [0.25, 0.3) is 11.4 Å². The summed E-state index contributed by atoms with van der Waals surface area (Å²) in [5, 5.41) is 45.2. The number of nitrogens with one attached hydrogen (secondary N) is 2. The van der Waals surface area contributed by atoms with E-state index in [2.05, 4.69) is 9.97 Å². The zero-order valence-electron chi connectivity index (χ0n) is 28.3. The lowest BCUT2D eigenvalue weighted by atomic mass is 9.77. The van der Waals surface area contributed by atoms with E-state index in [1.807, 2.05) is 0 Å². The molecular weight excluding hydrogens is 741 g/mol. The molecule has 0 aliphatic heterocycles. The van der Waals surface area contributed by atoms with Gasteiger partial charge in [-0.3, -0.25) is 25.0 Å². The number of carbonyl (C=O) groups is 1.